The molecule has 2 aromatic carbocycles. The van der Waals surface area contributed by atoms with Gasteiger partial charge in [0.2, 0.25) is 5.91 Å². The number of anilines is 3. The Kier molecular flexibility index (Phi) is 5.46. The molecule has 1 heterocycles. The van der Waals surface area contributed by atoms with Gasteiger partial charge in [-0.15, -0.1) is 11.3 Å². The van der Waals surface area contributed by atoms with Crippen molar-refractivity contribution in [2.24, 2.45) is 0 Å². The van der Waals surface area contributed by atoms with Crippen LogP contribution in [0.2, 0.25) is 0 Å². The molecule has 0 saturated carbocycles. The lowest BCUT2D eigenvalue weighted by molar-refractivity contribution is -0.115. The highest BCUT2D eigenvalue weighted by atomic mass is 32.1. The lowest BCUT2D eigenvalue weighted by atomic mass is 10.2. The van der Waals surface area contributed by atoms with Crippen molar-refractivity contribution in [2.75, 3.05) is 17.3 Å². The largest absolute Gasteiger partial charge is 0.343 e. The Bertz CT molecular complexity index is 845. The lowest BCUT2D eigenvalue weighted by Crippen LogP contribution is -2.18. The molecule has 128 valence electrons. The number of amides is 1. The fraction of sp³-hybridized carbons (Fsp3) is 0.200. The van der Waals surface area contributed by atoms with Crippen LogP contribution < -0.4 is 10.2 Å². The molecule has 5 heteroatoms. The first-order valence-corrected chi connectivity index (χ1v) is 9.16. The number of para-hydroxylation sites is 3. The highest BCUT2D eigenvalue weighted by Gasteiger charge is 2.12. The third-order valence-corrected chi connectivity index (χ3v) is 4.97. The smallest absolute Gasteiger partial charge is 0.230 e. The predicted octanol–water partition coefficient (Wildman–Crippen LogP) is 4.65. The third-order valence-electron chi connectivity index (χ3n) is 3.93. The molecule has 0 atom stereocenters. The Labute approximate surface area is 152 Å². The summed E-state index contributed by atoms with van der Waals surface area (Å²) in [7, 11) is 1.99. The maximum Gasteiger partial charge on any atom is 0.230 e. The molecule has 0 spiro atoms. The van der Waals surface area contributed by atoms with E-state index in [-0.39, 0.29) is 5.91 Å². The molecule has 0 bridgehead atoms. The minimum Gasteiger partial charge on any atom is -0.343 e. The molecule has 0 radical (unpaired) electrons. The number of nitrogens with one attached hydrogen (secondary N) is 1. The van der Waals surface area contributed by atoms with E-state index in [4.69, 9.17) is 0 Å². The van der Waals surface area contributed by atoms with Crippen LogP contribution in [-0.4, -0.2) is 17.9 Å². The number of carbonyl (C=O) groups excluding carboxylic acids is 1. The van der Waals surface area contributed by atoms with Crippen LogP contribution in [0.15, 0.2) is 60.0 Å². The first-order chi connectivity index (χ1) is 12.2. The van der Waals surface area contributed by atoms with Crippen molar-refractivity contribution in [3.8, 4) is 0 Å². The second kappa shape index (κ2) is 7.94. The minimum absolute atomic E-state index is 0.0538. The maximum atomic E-state index is 12.4. The standard InChI is InChI=1S/C20H21N3OS/c1-3-20-21-15(14-25-20)13-19(24)22-17-11-7-8-12-18(17)23(2)16-9-5-4-6-10-16/h4-12,14H,3,13H2,1-2H3,(H,22,24). The molecule has 1 aromatic heterocycles. The zero-order valence-corrected chi connectivity index (χ0v) is 15.2. The average Bonchev–Trinajstić information content (AvgIpc) is 3.10. The van der Waals surface area contributed by atoms with E-state index < -0.39 is 0 Å². The summed E-state index contributed by atoms with van der Waals surface area (Å²) >= 11 is 1.60. The number of carbonyl (C=O) groups is 1. The van der Waals surface area contributed by atoms with Crippen LogP contribution in [0.3, 0.4) is 0 Å². The highest BCUT2D eigenvalue weighted by Crippen LogP contribution is 2.30. The number of benzene rings is 2. The zero-order chi connectivity index (χ0) is 17.6. The van der Waals surface area contributed by atoms with Crippen LogP contribution in [0.1, 0.15) is 17.6 Å². The summed E-state index contributed by atoms with van der Waals surface area (Å²) in [4.78, 5) is 19.0. The van der Waals surface area contributed by atoms with Gasteiger partial charge >= 0.3 is 0 Å². The van der Waals surface area contributed by atoms with E-state index in [0.29, 0.717) is 6.42 Å². The van der Waals surface area contributed by atoms with E-state index >= 15 is 0 Å². The summed E-state index contributed by atoms with van der Waals surface area (Å²) in [6.45, 7) is 2.07. The number of aromatic nitrogens is 1. The summed E-state index contributed by atoms with van der Waals surface area (Å²) in [6, 6.07) is 17.9. The van der Waals surface area contributed by atoms with Crippen LogP contribution in [0.25, 0.3) is 0 Å². The molecule has 0 aliphatic carbocycles. The molecule has 25 heavy (non-hydrogen) atoms. The van der Waals surface area contributed by atoms with Gasteiger partial charge in [-0.2, -0.15) is 0 Å². The Morgan fingerprint density at radius 2 is 1.84 bits per heavy atom. The number of thiazole rings is 1. The van der Waals surface area contributed by atoms with Crippen LogP contribution in [0.5, 0.6) is 0 Å². The molecular weight excluding hydrogens is 330 g/mol. The molecular formula is C20H21N3OS. The topological polar surface area (TPSA) is 45.2 Å². The average molecular weight is 351 g/mol. The molecule has 0 unspecified atom stereocenters. The molecule has 0 fully saturated rings. The molecule has 0 aliphatic rings. The van der Waals surface area contributed by atoms with Gasteiger partial charge in [0.15, 0.2) is 0 Å². The first-order valence-electron chi connectivity index (χ1n) is 8.28. The Hall–Kier alpha value is -2.66. The number of nitrogens with zero attached hydrogens (tertiary/aromatic N) is 2. The Morgan fingerprint density at radius 1 is 1.12 bits per heavy atom. The van der Waals surface area contributed by atoms with Crippen molar-refractivity contribution in [3.63, 3.8) is 0 Å². The van der Waals surface area contributed by atoms with Crippen molar-refractivity contribution in [1.29, 1.82) is 0 Å². The van der Waals surface area contributed by atoms with E-state index in [1.54, 1.807) is 11.3 Å². The third kappa shape index (κ3) is 4.25. The van der Waals surface area contributed by atoms with Crippen molar-refractivity contribution in [1.82, 2.24) is 4.98 Å². The van der Waals surface area contributed by atoms with E-state index in [2.05, 4.69) is 22.1 Å². The maximum absolute atomic E-state index is 12.4. The molecule has 0 aliphatic heterocycles. The van der Waals surface area contributed by atoms with Gasteiger partial charge in [0.1, 0.15) is 0 Å². The highest BCUT2D eigenvalue weighted by molar-refractivity contribution is 7.09. The molecule has 1 N–H and O–H groups in total. The van der Waals surface area contributed by atoms with Gasteiger partial charge < -0.3 is 10.2 Å². The van der Waals surface area contributed by atoms with Crippen LogP contribution >= 0.6 is 11.3 Å². The predicted molar refractivity (Wildman–Crippen MR) is 105 cm³/mol. The van der Waals surface area contributed by atoms with Gasteiger partial charge in [0, 0.05) is 18.1 Å². The monoisotopic (exact) mass is 351 g/mol. The Morgan fingerprint density at radius 3 is 2.56 bits per heavy atom. The fourth-order valence-corrected chi connectivity index (χ4v) is 3.36. The quantitative estimate of drug-likeness (QED) is 0.703. The van der Waals surface area contributed by atoms with E-state index in [0.717, 1.165) is 34.2 Å². The number of rotatable bonds is 6. The van der Waals surface area contributed by atoms with Gasteiger partial charge in [-0.3, -0.25) is 4.79 Å². The molecule has 0 saturated heterocycles. The van der Waals surface area contributed by atoms with E-state index in [1.165, 1.54) is 0 Å². The van der Waals surface area contributed by atoms with Crippen LogP contribution in [0, 0.1) is 0 Å². The summed E-state index contributed by atoms with van der Waals surface area (Å²) < 4.78 is 0. The molecule has 1 amide bonds. The van der Waals surface area contributed by atoms with Crippen molar-refractivity contribution >= 4 is 34.3 Å². The minimum atomic E-state index is -0.0538. The molecule has 4 nitrogen and oxygen atoms in total. The van der Waals surface area contributed by atoms with Gasteiger partial charge in [-0.25, -0.2) is 4.98 Å². The van der Waals surface area contributed by atoms with Gasteiger partial charge in [-0.05, 0) is 30.7 Å². The van der Waals surface area contributed by atoms with Gasteiger partial charge in [0.05, 0.1) is 28.5 Å². The summed E-state index contributed by atoms with van der Waals surface area (Å²) in [5.74, 6) is -0.0538. The zero-order valence-electron chi connectivity index (χ0n) is 14.4. The first kappa shape index (κ1) is 17.2. The van der Waals surface area contributed by atoms with Crippen LogP contribution in [-0.2, 0) is 17.6 Å². The molecule has 3 aromatic rings. The van der Waals surface area contributed by atoms with E-state index in [9.17, 15) is 4.79 Å². The number of aryl methyl sites for hydroxylation is 1. The second-order valence-electron chi connectivity index (χ2n) is 5.72. The normalized spacial score (nSPS) is 10.5. The van der Waals surface area contributed by atoms with Gasteiger partial charge in [0.25, 0.3) is 0 Å². The van der Waals surface area contributed by atoms with E-state index in [1.807, 2.05) is 67.0 Å². The SMILES string of the molecule is CCc1nc(CC(=O)Nc2ccccc2N(C)c2ccccc2)cs1. The number of hydrogen-bond donors (Lipinski definition) is 1. The summed E-state index contributed by atoms with van der Waals surface area (Å²) in [6.07, 6.45) is 1.19. The summed E-state index contributed by atoms with van der Waals surface area (Å²) in [5, 5.41) is 6.04. The summed E-state index contributed by atoms with van der Waals surface area (Å²) in [5.41, 5.74) is 3.64. The van der Waals surface area contributed by atoms with Crippen molar-refractivity contribution in [2.45, 2.75) is 19.8 Å². The Balaban J connectivity index is 1.75. The number of hydrogen-bond acceptors (Lipinski definition) is 4. The lowest BCUT2D eigenvalue weighted by Gasteiger charge is -2.22. The van der Waals surface area contributed by atoms with Crippen molar-refractivity contribution in [3.05, 3.63) is 70.7 Å². The van der Waals surface area contributed by atoms with Crippen molar-refractivity contribution < 1.29 is 4.79 Å². The molecule has 3 rings (SSSR count). The second-order valence-corrected chi connectivity index (χ2v) is 6.67. The fourth-order valence-electron chi connectivity index (χ4n) is 2.61. The van der Waals surface area contributed by atoms with Crippen LogP contribution in [0.4, 0.5) is 17.1 Å². The van der Waals surface area contributed by atoms with Gasteiger partial charge in [-0.1, -0.05) is 37.3 Å².